The fraction of sp³-hybridized carbons (Fsp3) is 0.800. The van der Waals surface area contributed by atoms with E-state index in [4.69, 9.17) is 10.2 Å². The van der Waals surface area contributed by atoms with Gasteiger partial charge in [0.05, 0.1) is 6.61 Å². The molecule has 6 heteroatoms. The molecule has 2 N–H and O–H groups in total. The van der Waals surface area contributed by atoms with Crippen molar-refractivity contribution in [3.8, 4) is 0 Å². The van der Waals surface area contributed by atoms with Gasteiger partial charge >= 0.3 is 12.0 Å². The molecule has 92 valence electrons. The number of urea groups is 1. The van der Waals surface area contributed by atoms with Crippen LogP contribution in [0.25, 0.3) is 0 Å². The topological polar surface area (TPSA) is 81.1 Å². The van der Waals surface area contributed by atoms with Gasteiger partial charge in [-0.2, -0.15) is 0 Å². The number of aliphatic carboxylic acids is 1. The number of likely N-dealkylation sites (N-methyl/N-ethyl adjacent to an activating group) is 1. The van der Waals surface area contributed by atoms with Gasteiger partial charge in [-0.25, -0.2) is 9.59 Å². The van der Waals surface area contributed by atoms with E-state index in [2.05, 4.69) is 0 Å². The number of hydrogen-bond acceptors (Lipinski definition) is 3. The van der Waals surface area contributed by atoms with Crippen molar-refractivity contribution in [1.29, 1.82) is 0 Å². The van der Waals surface area contributed by atoms with Crippen LogP contribution in [0.4, 0.5) is 4.79 Å². The average molecular weight is 230 g/mol. The lowest BCUT2D eigenvalue weighted by molar-refractivity contribution is -0.142. The Morgan fingerprint density at radius 2 is 2.12 bits per heavy atom. The number of nitrogens with zero attached hydrogens (tertiary/aromatic N) is 2. The highest BCUT2D eigenvalue weighted by atomic mass is 16.4. The second kappa shape index (κ2) is 5.16. The van der Waals surface area contributed by atoms with E-state index in [-0.39, 0.29) is 25.1 Å². The summed E-state index contributed by atoms with van der Waals surface area (Å²) in [6, 6.07) is -1.07. The second-order valence-corrected chi connectivity index (χ2v) is 4.17. The van der Waals surface area contributed by atoms with Gasteiger partial charge in [-0.05, 0) is 12.3 Å². The Kier molecular flexibility index (Phi) is 4.12. The maximum Gasteiger partial charge on any atom is 0.326 e. The molecule has 1 fully saturated rings. The number of rotatable bonds is 3. The van der Waals surface area contributed by atoms with Crippen molar-refractivity contribution < 1.29 is 19.8 Å². The Bertz CT molecular complexity index is 282. The minimum absolute atomic E-state index is 0.0241. The van der Waals surface area contributed by atoms with Crippen LogP contribution in [0.15, 0.2) is 0 Å². The molecule has 6 nitrogen and oxygen atoms in total. The van der Waals surface area contributed by atoms with Crippen molar-refractivity contribution in [3.63, 3.8) is 0 Å². The number of aliphatic hydroxyl groups is 1. The third-order valence-electron chi connectivity index (χ3n) is 2.96. The van der Waals surface area contributed by atoms with Crippen molar-refractivity contribution in [2.75, 3.05) is 26.7 Å². The standard InChI is InChI=1S/C10H18N2O4/c1-7-3-4-12(8(7)9(14)15)10(16)11(2)5-6-13/h7-8,13H,3-6H2,1-2H3,(H,14,15). The lowest BCUT2D eigenvalue weighted by atomic mass is 10.0. The van der Waals surface area contributed by atoms with E-state index in [0.29, 0.717) is 13.0 Å². The summed E-state index contributed by atoms with van der Waals surface area (Å²) >= 11 is 0. The molecule has 2 atom stereocenters. The molecule has 2 amide bonds. The van der Waals surface area contributed by atoms with Gasteiger partial charge in [-0.15, -0.1) is 0 Å². The van der Waals surface area contributed by atoms with Gasteiger partial charge in [-0.3, -0.25) is 0 Å². The van der Waals surface area contributed by atoms with Gasteiger partial charge in [0.1, 0.15) is 6.04 Å². The number of aliphatic hydroxyl groups excluding tert-OH is 1. The molecule has 0 saturated carbocycles. The summed E-state index contributed by atoms with van der Waals surface area (Å²) in [7, 11) is 1.56. The highest BCUT2D eigenvalue weighted by Crippen LogP contribution is 2.24. The highest BCUT2D eigenvalue weighted by molar-refractivity contribution is 5.83. The first-order valence-corrected chi connectivity index (χ1v) is 5.34. The molecule has 0 aromatic heterocycles. The van der Waals surface area contributed by atoms with Gasteiger partial charge in [-0.1, -0.05) is 6.92 Å². The highest BCUT2D eigenvalue weighted by Gasteiger charge is 2.40. The number of amides is 2. The zero-order chi connectivity index (χ0) is 12.3. The van der Waals surface area contributed by atoms with Crippen LogP contribution in [-0.4, -0.2) is 64.8 Å². The third kappa shape index (κ3) is 2.44. The molecule has 0 spiro atoms. The smallest absolute Gasteiger partial charge is 0.326 e. The van der Waals surface area contributed by atoms with Gasteiger partial charge < -0.3 is 20.0 Å². The average Bonchev–Trinajstić information content (AvgIpc) is 2.59. The molecule has 0 radical (unpaired) electrons. The van der Waals surface area contributed by atoms with Gasteiger partial charge in [0.25, 0.3) is 0 Å². The van der Waals surface area contributed by atoms with Crippen molar-refractivity contribution in [2.45, 2.75) is 19.4 Å². The maximum absolute atomic E-state index is 11.9. The molecule has 1 heterocycles. The summed E-state index contributed by atoms with van der Waals surface area (Å²) in [5, 5.41) is 17.8. The van der Waals surface area contributed by atoms with Crippen LogP contribution in [0.1, 0.15) is 13.3 Å². The quantitative estimate of drug-likeness (QED) is 0.705. The van der Waals surface area contributed by atoms with Crippen LogP contribution in [0.5, 0.6) is 0 Å². The number of carboxylic acids is 1. The predicted molar refractivity (Wildman–Crippen MR) is 57.0 cm³/mol. The van der Waals surface area contributed by atoms with Crippen LogP contribution in [0, 0.1) is 5.92 Å². The van der Waals surface area contributed by atoms with Crippen molar-refractivity contribution >= 4 is 12.0 Å². The van der Waals surface area contributed by atoms with E-state index in [9.17, 15) is 9.59 Å². The van der Waals surface area contributed by atoms with Crippen LogP contribution in [-0.2, 0) is 4.79 Å². The van der Waals surface area contributed by atoms with E-state index in [1.807, 2.05) is 6.92 Å². The first kappa shape index (κ1) is 12.8. The molecule has 0 aliphatic carbocycles. The molecule has 2 unspecified atom stereocenters. The number of carbonyl (C=O) groups is 2. The summed E-state index contributed by atoms with van der Waals surface area (Å²) in [4.78, 5) is 25.6. The number of hydrogen-bond donors (Lipinski definition) is 2. The predicted octanol–water partition coefficient (Wildman–Crippen LogP) is -0.175. The van der Waals surface area contributed by atoms with Crippen LogP contribution < -0.4 is 0 Å². The molecule has 16 heavy (non-hydrogen) atoms. The van der Waals surface area contributed by atoms with E-state index >= 15 is 0 Å². The van der Waals surface area contributed by atoms with E-state index < -0.39 is 12.0 Å². The minimum atomic E-state index is -0.962. The lowest BCUT2D eigenvalue weighted by Gasteiger charge is -2.28. The normalized spacial score (nSPS) is 24.6. The monoisotopic (exact) mass is 230 g/mol. The maximum atomic E-state index is 11.9. The Balaban J connectivity index is 2.72. The van der Waals surface area contributed by atoms with E-state index in [0.717, 1.165) is 0 Å². The fourth-order valence-corrected chi connectivity index (χ4v) is 2.00. The van der Waals surface area contributed by atoms with Crippen LogP contribution >= 0.6 is 0 Å². The molecule has 1 aliphatic rings. The number of carbonyl (C=O) groups excluding carboxylic acids is 1. The Morgan fingerprint density at radius 3 is 2.62 bits per heavy atom. The second-order valence-electron chi connectivity index (χ2n) is 4.17. The van der Waals surface area contributed by atoms with Crippen LogP contribution in [0.2, 0.25) is 0 Å². The number of likely N-dealkylation sites (tertiary alicyclic amines) is 1. The fourth-order valence-electron chi connectivity index (χ4n) is 2.00. The summed E-state index contributed by atoms with van der Waals surface area (Å²) in [6.45, 7) is 2.39. The summed E-state index contributed by atoms with van der Waals surface area (Å²) in [6.07, 6.45) is 0.704. The Morgan fingerprint density at radius 1 is 1.50 bits per heavy atom. The Labute approximate surface area is 94.4 Å². The SMILES string of the molecule is CC1CCN(C(=O)N(C)CCO)C1C(=O)O. The van der Waals surface area contributed by atoms with Gasteiger partial charge in [0.15, 0.2) is 0 Å². The van der Waals surface area contributed by atoms with E-state index in [1.165, 1.54) is 9.80 Å². The zero-order valence-electron chi connectivity index (χ0n) is 9.59. The Hall–Kier alpha value is -1.30. The summed E-state index contributed by atoms with van der Waals surface area (Å²) in [5.74, 6) is -0.986. The molecule has 1 saturated heterocycles. The largest absolute Gasteiger partial charge is 0.480 e. The van der Waals surface area contributed by atoms with Crippen molar-refractivity contribution in [3.05, 3.63) is 0 Å². The summed E-state index contributed by atoms with van der Waals surface area (Å²) < 4.78 is 0. The molecule has 0 aromatic carbocycles. The van der Waals surface area contributed by atoms with Gasteiger partial charge in [0, 0.05) is 20.1 Å². The third-order valence-corrected chi connectivity index (χ3v) is 2.96. The van der Waals surface area contributed by atoms with Crippen molar-refractivity contribution in [1.82, 2.24) is 9.80 Å². The molecule has 0 aromatic rings. The van der Waals surface area contributed by atoms with Crippen LogP contribution in [0.3, 0.4) is 0 Å². The number of carboxylic acid groups (broad SMARTS) is 1. The van der Waals surface area contributed by atoms with Gasteiger partial charge in [0.2, 0.25) is 0 Å². The molecule has 1 aliphatic heterocycles. The first-order valence-electron chi connectivity index (χ1n) is 5.34. The first-order chi connectivity index (χ1) is 7.49. The van der Waals surface area contributed by atoms with E-state index in [1.54, 1.807) is 7.05 Å². The summed E-state index contributed by atoms with van der Waals surface area (Å²) in [5.41, 5.74) is 0. The molecular formula is C10H18N2O4. The lowest BCUT2D eigenvalue weighted by Crippen LogP contribution is -2.48. The molecular weight excluding hydrogens is 212 g/mol. The molecule has 1 rings (SSSR count). The molecule has 0 bridgehead atoms. The minimum Gasteiger partial charge on any atom is -0.480 e. The van der Waals surface area contributed by atoms with Crippen molar-refractivity contribution in [2.24, 2.45) is 5.92 Å². The zero-order valence-corrected chi connectivity index (χ0v) is 9.59.